The predicted molar refractivity (Wildman–Crippen MR) is 132 cm³/mol. The highest BCUT2D eigenvalue weighted by molar-refractivity contribution is 7.71. The van der Waals surface area contributed by atoms with Gasteiger partial charge in [-0.05, 0) is 42.1 Å². The van der Waals surface area contributed by atoms with Crippen LogP contribution in [0.25, 0.3) is 0 Å². The van der Waals surface area contributed by atoms with E-state index in [0.717, 1.165) is 9.13 Å². The Hall–Kier alpha value is -3.09. The summed E-state index contributed by atoms with van der Waals surface area (Å²) in [5.74, 6) is -1.78. The van der Waals surface area contributed by atoms with Gasteiger partial charge in [0.15, 0.2) is 21.0 Å². The van der Waals surface area contributed by atoms with Crippen molar-refractivity contribution in [2.45, 2.75) is 5.92 Å². The maximum absolute atomic E-state index is 13.4. The summed E-state index contributed by atoms with van der Waals surface area (Å²) in [4.78, 5) is 26.8. The molecule has 2 N–H and O–H groups in total. The maximum atomic E-state index is 13.4. The van der Waals surface area contributed by atoms with E-state index in [2.05, 4.69) is 0 Å². The van der Waals surface area contributed by atoms with Gasteiger partial charge in [-0.2, -0.15) is 0 Å². The van der Waals surface area contributed by atoms with Crippen molar-refractivity contribution < 1.29 is 19.7 Å². The van der Waals surface area contributed by atoms with Crippen LogP contribution in [0.15, 0.2) is 21.7 Å². The molecule has 0 aliphatic carbocycles. The summed E-state index contributed by atoms with van der Waals surface area (Å²) in [7, 11) is 8.65. The van der Waals surface area contributed by atoms with E-state index in [1.807, 2.05) is 0 Å². The molecule has 0 amide bonds. The number of aromatic hydroxyl groups is 2. The van der Waals surface area contributed by atoms with Gasteiger partial charge < -0.3 is 19.7 Å². The third kappa shape index (κ3) is 3.81. The first kappa shape index (κ1) is 25.5. The number of aromatic nitrogens is 4. The predicted octanol–water partition coefficient (Wildman–Crippen LogP) is 2.48. The monoisotopic (exact) mass is 526 g/mol. The Morgan fingerprint density at radius 2 is 1.26 bits per heavy atom. The minimum absolute atomic E-state index is 0.0546. The van der Waals surface area contributed by atoms with Crippen molar-refractivity contribution in [2.24, 2.45) is 28.2 Å². The number of benzene rings is 1. The number of methoxy groups -OCH3 is 2. The summed E-state index contributed by atoms with van der Waals surface area (Å²) in [6.07, 6.45) is 0. The fraction of sp³-hybridized carbons (Fsp3) is 0.333. The summed E-state index contributed by atoms with van der Waals surface area (Å²) in [6.45, 7) is 0. The molecule has 3 aromatic rings. The molecule has 0 spiro atoms. The van der Waals surface area contributed by atoms with E-state index in [9.17, 15) is 19.8 Å². The topological polar surface area (TPSA) is 113 Å². The van der Waals surface area contributed by atoms with Crippen LogP contribution < -0.4 is 20.6 Å². The molecule has 182 valence electrons. The Morgan fingerprint density at radius 1 is 0.824 bits per heavy atom. The van der Waals surface area contributed by atoms with E-state index >= 15 is 0 Å². The zero-order chi connectivity index (χ0) is 25.6. The van der Waals surface area contributed by atoms with Crippen molar-refractivity contribution in [3.8, 4) is 23.3 Å². The van der Waals surface area contributed by atoms with Crippen LogP contribution in [0.1, 0.15) is 22.6 Å². The van der Waals surface area contributed by atoms with E-state index < -0.39 is 28.8 Å². The highest BCUT2D eigenvalue weighted by atomic mass is 35.5. The molecule has 0 saturated carbocycles. The quantitative estimate of drug-likeness (QED) is 0.488. The van der Waals surface area contributed by atoms with Gasteiger partial charge in [-0.15, -0.1) is 0 Å². The second-order valence-corrected chi connectivity index (χ2v) is 8.69. The molecule has 0 unspecified atom stereocenters. The maximum Gasteiger partial charge on any atom is 0.262 e. The molecule has 0 fully saturated rings. The number of ether oxygens (including phenoxy) is 2. The molecule has 3 rings (SSSR count). The third-order valence-corrected chi connectivity index (χ3v) is 7.08. The van der Waals surface area contributed by atoms with Gasteiger partial charge in [0.05, 0.1) is 36.3 Å². The van der Waals surface area contributed by atoms with E-state index in [0.29, 0.717) is 0 Å². The molecule has 2 heterocycles. The molecule has 0 aliphatic heterocycles. The highest BCUT2D eigenvalue weighted by Crippen LogP contribution is 2.43. The van der Waals surface area contributed by atoms with Gasteiger partial charge in [0, 0.05) is 28.2 Å². The van der Waals surface area contributed by atoms with Gasteiger partial charge in [-0.3, -0.25) is 27.9 Å². The number of hydrogen-bond acceptors (Lipinski definition) is 8. The van der Waals surface area contributed by atoms with E-state index in [1.165, 1.54) is 63.7 Å². The van der Waals surface area contributed by atoms with Crippen LogP contribution in [0.4, 0.5) is 0 Å². The van der Waals surface area contributed by atoms with Crippen molar-refractivity contribution in [3.05, 3.63) is 64.1 Å². The van der Waals surface area contributed by atoms with E-state index in [1.54, 1.807) is 0 Å². The molecule has 2 aromatic heterocycles. The van der Waals surface area contributed by atoms with Gasteiger partial charge in [-0.1, -0.05) is 11.6 Å². The lowest BCUT2D eigenvalue weighted by atomic mass is 9.86. The van der Waals surface area contributed by atoms with Crippen molar-refractivity contribution in [1.82, 2.24) is 18.3 Å². The summed E-state index contributed by atoms with van der Waals surface area (Å²) in [6, 6.07) is 2.98. The number of halogens is 1. The van der Waals surface area contributed by atoms with Crippen LogP contribution in [-0.4, -0.2) is 42.7 Å². The molecule has 13 heteroatoms. The second kappa shape index (κ2) is 9.28. The minimum atomic E-state index is -1.28. The number of hydrogen-bond donors (Lipinski definition) is 2. The van der Waals surface area contributed by atoms with Crippen LogP contribution in [-0.2, 0) is 28.2 Å². The minimum Gasteiger partial charge on any atom is -0.494 e. The molecule has 0 radical (unpaired) electrons. The molecule has 10 nitrogen and oxygen atoms in total. The Kier molecular flexibility index (Phi) is 6.97. The molecule has 0 atom stereocenters. The van der Waals surface area contributed by atoms with Crippen molar-refractivity contribution >= 4 is 36.0 Å². The summed E-state index contributed by atoms with van der Waals surface area (Å²) < 4.78 is 15.6. The molecular weight excluding hydrogens is 504 g/mol. The highest BCUT2D eigenvalue weighted by Gasteiger charge is 2.33. The molecule has 0 saturated heterocycles. The molecule has 0 bridgehead atoms. The second-order valence-electron chi connectivity index (χ2n) is 7.56. The van der Waals surface area contributed by atoms with Gasteiger partial charge in [0.1, 0.15) is 0 Å². The standard InChI is InChI=1S/C21H23ClN4O6S2/c1-23-16(27)13(17(28)24(2)20(23)33)12(9-7-10(22)15(32-6)11(8-9)31-5)14-18(29)25(3)21(34)26(4)19(14)30/h7-8,12,27,29H,1-6H3. The van der Waals surface area contributed by atoms with E-state index in [-0.39, 0.29) is 42.8 Å². The summed E-state index contributed by atoms with van der Waals surface area (Å²) >= 11 is 16.9. The molecule has 1 aromatic carbocycles. The lowest BCUT2D eigenvalue weighted by molar-refractivity contribution is 0.354. The Labute approximate surface area is 209 Å². The Bertz CT molecular complexity index is 1470. The average molecular weight is 527 g/mol. The van der Waals surface area contributed by atoms with Crippen molar-refractivity contribution in [2.75, 3.05) is 14.2 Å². The van der Waals surface area contributed by atoms with Gasteiger partial charge >= 0.3 is 0 Å². The van der Waals surface area contributed by atoms with Crippen LogP contribution in [0.5, 0.6) is 23.3 Å². The number of nitrogens with zero attached hydrogens (tertiary/aromatic N) is 4. The van der Waals surface area contributed by atoms with Gasteiger partial charge in [-0.25, -0.2) is 0 Å². The summed E-state index contributed by atoms with van der Waals surface area (Å²) in [5, 5.41) is 22.2. The lowest BCUT2D eigenvalue weighted by Gasteiger charge is -2.24. The number of rotatable bonds is 5. The molecule has 0 aliphatic rings. The Balaban J connectivity index is 2.62. The van der Waals surface area contributed by atoms with Crippen LogP contribution in [0.2, 0.25) is 5.02 Å². The molecule has 34 heavy (non-hydrogen) atoms. The van der Waals surface area contributed by atoms with Crippen LogP contribution in [0, 0.1) is 9.54 Å². The first-order valence-corrected chi connectivity index (χ1v) is 11.0. The van der Waals surface area contributed by atoms with Crippen molar-refractivity contribution in [1.29, 1.82) is 0 Å². The average Bonchev–Trinajstić information content (AvgIpc) is 2.82. The van der Waals surface area contributed by atoms with Gasteiger partial charge in [0.25, 0.3) is 11.1 Å². The zero-order valence-corrected chi connectivity index (χ0v) is 21.6. The van der Waals surface area contributed by atoms with Gasteiger partial charge in [0.2, 0.25) is 11.8 Å². The fourth-order valence-corrected chi connectivity index (χ4v) is 4.44. The fourth-order valence-electron chi connectivity index (χ4n) is 3.81. The van der Waals surface area contributed by atoms with E-state index in [4.69, 9.17) is 45.5 Å². The third-order valence-electron chi connectivity index (χ3n) is 5.70. The van der Waals surface area contributed by atoms with Crippen LogP contribution >= 0.6 is 36.0 Å². The smallest absolute Gasteiger partial charge is 0.262 e. The molecular formula is C21H23ClN4O6S2. The van der Waals surface area contributed by atoms with Crippen molar-refractivity contribution in [3.63, 3.8) is 0 Å². The van der Waals surface area contributed by atoms with Crippen LogP contribution in [0.3, 0.4) is 0 Å². The Morgan fingerprint density at radius 3 is 1.65 bits per heavy atom. The largest absolute Gasteiger partial charge is 0.494 e. The summed E-state index contributed by atoms with van der Waals surface area (Å²) in [5.41, 5.74) is -1.46. The SMILES string of the molecule is COc1cc(C(c2c(O)n(C)c(=S)n(C)c2=O)c2c(O)n(C)c(=S)n(C)c2=O)cc(Cl)c1OC. The lowest BCUT2D eigenvalue weighted by Crippen LogP contribution is -2.33. The first-order chi connectivity index (χ1) is 15.9. The normalized spacial score (nSPS) is 11.2. The first-order valence-electron chi connectivity index (χ1n) is 9.78. The zero-order valence-electron chi connectivity index (χ0n) is 19.2.